The first-order valence-corrected chi connectivity index (χ1v) is 8.80. The zero-order valence-corrected chi connectivity index (χ0v) is 16.3. The maximum atomic E-state index is 11.8. The summed E-state index contributed by atoms with van der Waals surface area (Å²) in [6.07, 6.45) is 3.23. The summed E-state index contributed by atoms with van der Waals surface area (Å²) >= 11 is 0. The summed E-state index contributed by atoms with van der Waals surface area (Å²) in [5.74, 6) is 0.858. The maximum Gasteiger partial charge on any atom is 0.236 e. The van der Waals surface area contributed by atoms with Crippen LogP contribution in [0.4, 0.5) is 5.95 Å². The fourth-order valence-corrected chi connectivity index (χ4v) is 3.00. The molecule has 0 spiro atoms. The number of hydrogen-bond acceptors (Lipinski definition) is 6. The number of carbonyl (C=O) groups is 1. The van der Waals surface area contributed by atoms with E-state index in [2.05, 4.69) is 9.97 Å². The molecule has 7 nitrogen and oxygen atoms in total. The molecule has 0 saturated carbocycles. The molecule has 1 fully saturated rings. The van der Waals surface area contributed by atoms with Crippen molar-refractivity contribution in [3.8, 4) is 0 Å². The topological polar surface area (TPSA) is 61.8 Å². The molecule has 0 radical (unpaired) electrons. The minimum Gasteiger partial charge on any atom is -0.373 e. The first-order valence-electron chi connectivity index (χ1n) is 8.80. The van der Waals surface area contributed by atoms with Crippen LogP contribution in [0.15, 0.2) is 6.07 Å². The SMILES string of the molecule is Cc1cc(C[C@@H]2CC[C@H](CN(C)CC(=O)N(C)C)O2)nc(N(C)C)n1. The molecular weight excluding hydrogens is 318 g/mol. The van der Waals surface area contributed by atoms with E-state index >= 15 is 0 Å². The number of likely N-dealkylation sites (N-methyl/N-ethyl adjacent to an activating group) is 2. The van der Waals surface area contributed by atoms with Crippen LogP contribution < -0.4 is 4.90 Å². The summed E-state index contributed by atoms with van der Waals surface area (Å²) in [6, 6.07) is 2.03. The Morgan fingerprint density at radius 1 is 1.16 bits per heavy atom. The standard InChI is InChI=1S/C18H31N5O2/c1-13-9-14(20-18(19-13)22(4)5)10-15-7-8-16(25-15)11-23(6)12-17(24)21(2)3/h9,15-16H,7-8,10-12H2,1-6H3/t15-,16+/m0/s1. The van der Waals surface area contributed by atoms with Gasteiger partial charge in [-0.2, -0.15) is 0 Å². The predicted molar refractivity (Wildman–Crippen MR) is 98.9 cm³/mol. The minimum absolute atomic E-state index is 0.115. The van der Waals surface area contributed by atoms with Crippen LogP contribution in [0, 0.1) is 6.92 Å². The van der Waals surface area contributed by atoms with Crippen LogP contribution in [0.25, 0.3) is 0 Å². The fourth-order valence-electron chi connectivity index (χ4n) is 3.00. The summed E-state index contributed by atoms with van der Waals surface area (Å²) in [4.78, 5) is 26.4. The number of hydrogen-bond donors (Lipinski definition) is 0. The van der Waals surface area contributed by atoms with Gasteiger partial charge in [0.05, 0.1) is 18.8 Å². The normalized spacial score (nSPS) is 20.1. The summed E-state index contributed by atoms with van der Waals surface area (Å²) in [7, 11) is 9.43. The van der Waals surface area contributed by atoms with Crippen LogP contribution in [0.2, 0.25) is 0 Å². The zero-order valence-electron chi connectivity index (χ0n) is 16.3. The molecular formula is C18H31N5O2. The van der Waals surface area contributed by atoms with Gasteiger partial charge in [-0.05, 0) is 32.9 Å². The first-order chi connectivity index (χ1) is 11.7. The van der Waals surface area contributed by atoms with Crippen LogP contribution in [0.5, 0.6) is 0 Å². The fraction of sp³-hybridized carbons (Fsp3) is 0.722. The van der Waals surface area contributed by atoms with E-state index in [1.807, 2.05) is 43.9 Å². The molecule has 0 aliphatic carbocycles. The van der Waals surface area contributed by atoms with Crippen molar-refractivity contribution in [2.75, 3.05) is 53.2 Å². The number of nitrogens with zero attached hydrogens (tertiary/aromatic N) is 5. The third-order valence-electron chi connectivity index (χ3n) is 4.35. The average Bonchev–Trinajstić information content (AvgIpc) is 2.93. The Morgan fingerprint density at radius 3 is 2.48 bits per heavy atom. The Bertz CT molecular complexity index is 591. The van der Waals surface area contributed by atoms with Crippen molar-refractivity contribution >= 4 is 11.9 Å². The van der Waals surface area contributed by atoms with E-state index in [0.29, 0.717) is 6.54 Å². The monoisotopic (exact) mass is 349 g/mol. The average molecular weight is 349 g/mol. The molecule has 0 N–H and O–H groups in total. The van der Waals surface area contributed by atoms with E-state index in [9.17, 15) is 4.79 Å². The number of aromatic nitrogens is 2. The molecule has 1 aromatic rings. The molecule has 2 atom stereocenters. The number of carbonyl (C=O) groups excluding carboxylic acids is 1. The molecule has 1 aliphatic rings. The van der Waals surface area contributed by atoms with E-state index in [1.54, 1.807) is 19.0 Å². The number of aryl methyl sites for hydroxylation is 1. The van der Waals surface area contributed by atoms with Crippen molar-refractivity contribution in [2.45, 2.75) is 38.4 Å². The van der Waals surface area contributed by atoms with Crippen molar-refractivity contribution in [1.82, 2.24) is 19.8 Å². The smallest absolute Gasteiger partial charge is 0.236 e. The van der Waals surface area contributed by atoms with E-state index in [1.165, 1.54) is 0 Å². The second-order valence-corrected chi connectivity index (χ2v) is 7.34. The molecule has 2 rings (SSSR count). The number of amides is 1. The first kappa shape index (κ1) is 19.6. The van der Waals surface area contributed by atoms with Gasteiger partial charge in [0.1, 0.15) is 0 Å². The molecule has 0 bridgehead atoms. The lowest BCUT2D eigenvalue weighted by atomic mass is 10.1. The summed E-state index contributed by atoms with van der Waals surface area (Å²) in [6.45, 7) is 3.20. The molecule has 140 valence electrons. The molecule has 1 saturated heterocycles. The number of ether oxygens (including phenoxy) is 1. The highest BCUT2D eigenvalue weighted by molar-refractivity contribution is 5.77. The molecule has 2 heterocycles. The van der Waals surface area contributed by atoms with Crippen molar-refractivity contribution in [3.63, 3.8) is 0 Å². The van der Waals surface area contributed by atoms with Gasteiger partial charge >= 0.3 is 0 Å². The van der Waals surface area contributed by atoms with Crippen LogP contribution >= 0.6 is 0 Å². The van der Waals surface area contributed by atoms with Gasteiger partial charge in [-0.1, -0.05) is 0 Å². The van der Waals surface area contributed by atoms with Crippen LogP contribution in [0.1, 0.15) is 24.2 Å². The molecule has 25 heavy (non-hydrogen) atoms. The van der Waals surface area contributed by atoms with Crippen molar-refractivity contribution in [1.29, 1.82) is 0 Å². The molecule has 0 unspecified atom stereocenters. The Balaban J connectivity index is 1.86. The summed E-state index contributed by atoms with van der Waals surface area (Å²) < 4.78 is 6.18. The molecule has 7 heteroatoms. The van der Waals surface area contributed by atoms with Crippen molar-refractivity contribution < 1.29 is 9.53 Å². The Labute approximate surface area is 151 Å². The zero-order chi connectivity index (χ0) is 18.6. The maximum absolute atomic E-state index is 11.8. The lowest BCUT2D eigenvalue weighted by Gasteiger charge is -2.22. The van der Waals surface area contributed by atoms with Gasteiger partial charge < -0.3 is 14.5 Å². The van der Waals surface area contributed by atoms with Crippen LogP contribution in [0.3, 0.4) is 0 Å². The van der Waals surface area contributed by atoms with E-state index in [-0.39, 0.29) is 18.1 Å². The second kappa shape index (κ2) is 8.58. The Hall–Kier alpha value is -1.73. The minimum atomic E-state index is 0.115. The molecule has 0 aromatic carbocycles. The quantitative estimate of drug-likeness (QED) is 0.731. The highest BCUT2D eigenvalue weighted by Crippen LogP contribution is 2.23. The van der Waals surface area contributed by atoms with Gasteiger partial charge in [-0.15, -0.1) is 0 Å². The Kier molecular flexibility index (Phi) is 6.72. The van der Waals surface area contributed by atoms with Gasteiger partial charge in [0.25, 0.3) is 0 Å². The largest absolute Gasteiger partial charge is 0.373 e. The van der Waals surface area contributed by atoms with Crippen LogP contribution in [-0.4, -0.2) is 86.2 Å². The Morgan fingerprint density at radius 2 is 1.84 bits per heavy atom. The number of rotatable bonds is 7. The molecule has 1 amide bonds. The summed E-state index contributed by atoms with van der Waals surface area (Å²) in [5, 5.41) is 0. The van der Waals surface area contributed by atoms with E-state index in [0.717, 1.165) is 43.1 Å². The highest BCUT2D eigenvalue weighted by atomic mass is 16.5. The predicted octanol–water partition coefficient (Wildman–Crippen LogP) is 0.961. The van der Waals surface area contributed by atoms with Gasteiger partial charge in [-0.25, -0.2) is 9.97 Å². The third-order valence-corrected chi connectivity index (χ3v) is 4.35. The highest BCUT2D eigenvalue weighted by Gasteiger charge is 2.27. The van der Waals surface area contributed by atoms with Gasteiger partial charge in [-0.3, -0.25) is 9.69 Å². The molecule has 1 aliphatic heterocycles. The third kappa shape index (κ3) is 5.93. The van der Waals surface area contributed by atoms with Gasteiger partial charge in [0, 0.05) is 52.5 Å². The lowest BCUT2D eigenvalue weighted by Crippen LogP contribution is -2.38. The van der Waals surface area contributed by atoms with Crippen molar-refractivity contribution in [3.05, 3.63) is 17.5 Å². The van der Waals surface area contributed by atoms with E-state index < -0.39 is 0 Å². The lowest BCUT2D eigenvalue weighted by molar-refractivity contribution is -0.129. The van der Waals surface area contributed by atoms with Crippen LogP contribution in [-0.2, 0) is 16.0 Å². The number of anilines is 1. The van der Waals surface area contributed by atoms with E-state index in [4.69, 9.17) is 4.74 Å². The van der Waals surface area contributed by atoms with Crippen molar-refractivity contribution in [2.24, 2.45) is 0 Å². The second-order valence-electron chi connectivity index (χ2n) is 7.34. The van der Waals surface area contributed by atoms with Gasteiger partial charge in [0.2, 0.25) is 11.9 Å². The summed E-state index contributed by atoms with van der Waals surface area (Å²) in [5.41, 5.74) is 2.00. The molecule has 1 aromatic heterocycles. The van der Waals surface area contributed by atoms with Gasteiger partial charge in [0.15, 0.2) is 0 Å².